The van der Waals surface area contributed by atoms with E-state index in [1.165, 1.54) is 16.5 Å². The number of nitrogens with one attached hydrogen (secondary N) is 1. The summed E-state index contributed by atoms with van der Waals surface area (Å²) in [6, 6.07) is 7.08. The van der Waals surface area contributed by atoms with E-state index in [2.05, 4.69) is 4.98 Å². The van der Waals surface area contributed by atoms with E-state index < -0.39 is 5.97 Å². The highest BCUT2D eigenvalue weighted by molar-refractivity contribution is 5.80. The molecule has 0 bridgehead atoms. The minimum absolute atomic E-state index is 0.112. The summed E-state index contributed by atoms with van der Waals surface area (Å²) in [5, 5.41) is 8.59. The summed E-state index contributed by atoms with van der Waals surface area (Å²) >= 11 is 0. The standard InChI is InChI=1S/C13H15N3O4/c1-15(7-6-12(18)19)11(17)8-16-10-5-3-2-4-9(10)14-13(16)20/h2-5H,6-8H2,1H3,(H,14,20)(H,18,19). The summed E-state index contributed by atoms with van der Waals surface area (Å²) in [5.74, 6) is -1.27. The molecule has 0 atom stereocenters. The number of aliphatic carboxylic acids is 1. The Morgan fingerprint density at radius 2 is 2.05 bits per heavy atom. The quantitative estimate of drug-likeness (QED) is 0.819. The van der Waals surface area contributed by atoms with Gasteiger partial charge in [-0.3, -0.25) is 14.2 Å². The summed E-state index contributed by atoms with van der Waals surface area (Å²) in [5.41, 5.74) is 0.960. The van der Waals surface area contributed by atoms with E-state index >= 15 is 0 Å². The second-order valence-electron chi connectivity index (χ2n) is 4.49. The molecule has 0 spiro atoms. The van der Waals surface area contributed by atoms with Gasteiger partial charge in [0.15, 0.2) is 0 Å². The molecule has 1 amide bonds. The smallest absolute Gasteiger partial charge is 0.326 e. The molecule has 0 aliphatic heterocycles. The first-order valence-electron chi connectivity index (χ1n) is 6.12. The first-order chi connectivity index (χ1) is 9.49. The molecule has 2 rings (SSSR count). The second-order valence-corrected chi connectivity index (χ2v) is 4.49. The number of aromatic amines is 1. The minimum Gasteiger partial charge on any atom is -0.481 e. The summed E-state index contributed by atoms with van der Waals surface area (Å²) in [7, 11) is 1.52. The molecule has 106 valence electrons. The van der Waals surface area contributed by atoms with Crippen molar-refractivity contribution in [2.24, 2.45) is 0 Å². The normalized spacial score (nSPS) is 10.7. The van der Waals surface area contributed by atoms with E-state index in [-0.39, 0.29) is 31.1 Å². The van der Waals surface area contributed by atoms with Crippen LogP contribution >= 0.6 is 0 Å². The maximum Gasteiger partial charge on any atom is 0.326 e. The molecule has 1 heterocycles. The number of imidazole rings is 1. The molecule has 0 aliphatic carbocycles. The van der Waals surface area contributed by atoms with Crippen molar-refractivity contribution in [3.05, 3.63) is 34.7 Å². The Labute approximate surface area is 114 Å². The number of rotatable bonds is 5. The Balaban J connectivity index is 2.15. The topological polar surface area (TPSA) is 95.4 Å². The number of carbonyl (C=O) groups excluding carboxylic acids is 1. The second kappa shape index (κ2) is 5.60. The van der Waals surface area contributed by atoms with Crippen LogP contribution in [0.4, 0.5) is 0 Å². The fourth-order valence-electron chi connectivity index (χ4n) is 1.91. The fourth-order valence-corrected chi connectivity index (χ4v) is 1.91. The first-order valence-corrected chi connectivity index (χ1v) is 6.12. The van der Waals surface area contributed by atoms with E-state index in [0.29, 0.717) is 11.0 Å². The minimum atomic E-state index is -0.964. The molecule has 7 heteroatoms. The van der Waals surface area contributed by atoms with Crippen molar-refractivity contribution in [3.63, 3.8) is 0 Å². The van der Waals surface area contributed by atoms with Gasteiger partial charge in [0.05, 0.1) is 17.5 Å². The first kappa shape index (κ1) is 13.9. The number of hydrogen-bond acceptors (Lipinski definition) is 3. The van der Waals surface area contributed by atoms with Gasteiger partial charge in [-0.15, -0.1) is 0 Å². The number of nitrogens with zero attached hydrogens (tertiary/aromatic N) is 2. The van der Waals surface area contributed by atoms with E-state index in [0.717, 1.165) is 0 Å². The zero-order chi connectivity index (χ0) is 14.7. The predicted molar refractivity (Wildman–Crippen MR) is 72.4 cm³/mol. The highest BCUT2D eigenvalue weighted by atomic mass is 16.4. The third-order valence-electron chi connectivity index (χ3n) is 3.06. The molecular formula is C13H15N3O4. The lowest BCUT2D eigenvalue weighted by atomic mass is 10.3. The number of amides is 1. The van der Waals surface area contributed by atoms with Crippen molar-refractivity contribution in [1.29, 1.82) is 0 Å². The molecule has 0 fully saturated rings. The highest BCUT2D eigenvalue weighted by Gasteiger charge is 2.14. The molecule has 7 nitrogen and oxygen atoms in total. The number of carbonyl (C=O) groups is 2. The molecule has 0 unspecified atom stereocenters. The average Bonchev–Trinajstić information content (AvgIpc) is 2.72. The molecule has 20 heavy (non-hydrogen) atoms. The van der Waals surface area contributed by atoms with E-state index in [1.807, 2.05) is 0 Å². The number of para-hydroxylation sites is 2. The molecule has 1 aromatic carbocycles. The van der Waals surface area contributed by atoms with Crippen LogP contribution in [0.5, 0.6) is 0 Å². The van der Waals surface area contributed by atoms with Crippen LogP contribution in [0.1, 0.15) is 6.42 Å². The van der Waals surface area contributed by atoms with Crippen LogP contribution in [-0.4, -0.2) is 45.0 Å². The Hall–Kier alpha value is -2.57. The number of carboxylic acids is 1. The lowest BCUT2D eigenvalue weighted by molar-refractivity contribution is -0.138. The van der Waals surface area contributed by atoms with Crippen molar-refractivity contribution in [1.82, 2.24) is 14.5 Å². The molecule has 0 aliphatic rings. The van der Waals surface area contributed by atoms with E-state index in [9.17, 15) is 14.4 Å². The van der Waals surface area contributed by atoms with Crippen LogP contribution in [-0.2, 0) is 16.1 Å². The van der Waals surface area contributed by atoms with E-state index in [4.69, 9.17) is 5.11 Å². The van der Waals surface area contributed by atoms with Crippen LogP contribution in [0.25, 0.3) is 11.0 Å². The molecular weight excluding hydrogens is 262 g/mol. The van der Waals surface area contributed by atoms with Crippen molar-refractivity contribution in [3.8, 4) is 0 Å². The van der Waals surface area contributed by atoms with Gasteiger partial charge in [0.2, 0.25) is 5.91 Å². The van der Waals surface area contributed by atoms with Gasteiger partial charge in [0.1, 0.15) is 6.54 Å². The monoisotopic (exact) mass is 277 g/mol. The van der Waals surface area contributed by atoms with Crippen LogP contribution in [0.2, 0.25) is 0 Å². The summed E-state index contributed by atoms with van der Waals surface area (Å²) in [6.07, 6.45) is -0.120. The van der Waals surface area contributed by atoms with Gasteiger partial charge in [-0.1, -0.05) is 12.1 Å². The summed E-state index contributed by atoms with van der Waals surface area (Å²) in [6.45, 7) is 0.00420. The largest absolute Gasteiger partial charge is 0.481 e. The Bertz CT molecular complexity index is 701. The Morgan fingerprint density at radius 3 is 2.75 bits per heavy atom. The van der Waals surface area contributed by atoms with Crippen molar-refractivity contribution in [2.75, 3.05) is 13.6 Å². The third-order valence-corrected chi connectivity index (χ3v) is 3.06. The lowest BCUT2D eigenvalue weighted by Crippen LogP contribution is -2.34. The number of fused-ring (bicyclic) bond motifs is 1. The molecule has 0 saturated heterocycles. The van der Waals surface area contributed by atoms with Crippen molar-refractivity contribution in [2.45, 2.75) is 13.0 Å². The van der Waals surface area contributed by atoms with Gasteiger partial charge in [-0.25, -0.2) is 4.79 Å². The van der Waals surface area contributed by atoms with Crippen molar-refractivity contribution < 1.29 is 14.7 Å². The number of hydrogen-bond donors (Lipinski definition) is 2. The number of carboxylic acid groups (broad SMARTS) is 1. The summed E-state index contributed by atoms with van der Waals surface area (Å²) < 4.78 is 1.34. The van der Waals surface area contributed by atoms with Gasteiger partial charge in [0, 0.05) is 13.6 Å². The van der Waals surface area contributed by atoms with Crippen LogP contribution in [0.3, 0.4) is 0 Å². The number of H-pyrrole nitrogens is 1. The molecule has 1 aromatic heterocycles. The fraction of sp³-hybridized carbons (Fsp3) is 0.308. The third kappa shape index (κ3) is 2.87. The predicted octanol–water partition coefficient (Wildman–Crippen LogP) is 0.263. The Morgan fingerprint density at radius 1 is 1.35 bits per heavy atom. The SMILES string of the molecule is CN(CCC(=O)O)C(=O)Cn1c(=O)[nH]c2ccccc21. The molecule has 0 radical (unpaired) electrons. The number of benzene rings is 1. The highest BCUT2D eigenvalue weighted by Crippen LogP contribution is 2.09. The van der Waals surface area contributed by atoms with Gasteiger partial charge >= 0.3 is 11.7 Å². The molecule has 2 N–H and O–H groups in total. The maximum atomic E-state index is 12.0. The molecule has 2 aromatic rings. The van der Waals surface area contributed by atoms with Gasteiger partial charge in [-0.05, 0) is 12.1 Å². The zero-order valence-electron chi connectivity index (χ0n) is 11.0. The number of likely N-dealkylation sites (N-methyl/N-ethyl adjacent to an activating group) is 1. The maximum absolute atomic E-state index is 12.0. The van der Waals surface area contributed by atoms with Crippen LogP contribution < -0.4 is 5.69 Å². The number of aromatic nitrogens is 2. The van der Waals surface area contributed by atoms with Crippen LogP contribution in [0, 0.1) is 0 Å². The zero-order valence-corrected chi connectivity index (χ0v) is 11.0. The van der Waals surface area contributed by atoms with Crippen molar-refractivity contribution >= 4 is 22.9 Å². The summed E-state index contributed by atoms with van der Waals surface area (Å²) in [4.78, 5) is 38.2. The van der Waals surface area contributed by atoms with Gasteiger partial charge in [0.25, 0.3) is 0 Å². The van der Waals surface area contributed by atoms with E-state index in [1.54, 1.807) is 24.3 Å². The van der Waals surface area contributed by atoms with Gasteiger partial charge < -0.3 is 15.0 Å². The average molecular weight is 277 g/mol. The molecule has 0 saturated carbocycles. The van der Waals surface area contributed by atoms with Crippen LogP contribution in [0.15, 0.2) is 29.1 Å². The van der Waals surface area contributed by atoms with Gasteiger partial charge in [-0.2, -0.15) is 0 Å². The Kier molecular flexibility index (Phi) is 3.88. The lowest BCUT2D eigenvalue weighted by Gasteiger charge is -2.16.